The number of hydrogen-bond donors (Lipinski definition) is 1. The van der Waals surface area contributed by atoms with Gasteiger partial charge in [0.15, 0.2) is 5.79 Å². The third-order valence-electron chi connectivity index (χ3n) is 3.03. The van der Waals surface area contributed by atoms with E-state index in [1.165, 1.54) is 0 Å². The lowest BCUT2D eigenvalue weighted by molar-refractivity contribution is -0.148. The van der Waals surface area contributed by atoms with E-state index in [-0.39, 0.29) is 18.8 Å². The van der Waals surface area contributed by atoms with Crippen LogP contribution in [0.25, 0.3) is 0 Å². The monoisotopic (exact) mass is 285 g/mol. The minimum atomic E-state index is -1.80. The highest BCUT2D eigenvalue weighted by Crippen LogP contribution is 2.39. The Morgan fingerprint density at radius 2 is 2.05 bits per heavy atom. The number of aryl methyl sites for hydroxylation is 1. The van der Waals surface area contributed by atoms with Crippen LogP contribution in [-0.2, 0) is 24.9 Å². The normalized spacial score (nSPS) is 27.4. The molecule has 0 radical (unpaired) electrons. The number of benzene rings is 1. The van der Waals surface area contributed by atoms with Gasteiger partial charge in [-0.3, -0.25) is 4.18 Å². The molecule has 1 saturated heterocycles. The van der Waals surface area contributed by atoms with Crippen LogP contribution in [0.2, 0.25) is 0 Å². The zero-order valence-corrected chi connectivity index (χ0v) is 12.1. The molecule has 1 heterocycles. The second-order valence-corrected chi connectivity index (χ2v) is 5.75. The average Bonchev–Trinajstić information content (AvgIpc) is 2.62. The third-order valence-corrected chi connectivity index (χ3v) is 3.40. The molecule has 1 aromatic rings. The molecule has 3 atom stereocenters. The van der Waals surface area contributed by atoms with Gasteiger partial charge >= 0.3 is 0 Å². The molecule has 5 nitrogen and oxygen atoms in total. The first kappa shape index (κ1) is 14.6. The van der Waals surface area contributed by atoms with E-state index < -0.39 is 17.1 Å². The maximum atomic E-state index is 10.8. The fraction of sp³-hybridized carbons (Fsp3) is 0.538. The lowest BCUT2D eigenvalue weighted by Crippen LogP contribution is -2.26. The van der Waals surface area contributed by atoms with Gasteiger partial charge in [-0.2, -0.15) is 0 Å². The molecule has 106 valence electrons. The smallest absolute Gasteiger partial charge is 0.231 e. The SMILES string of the molecule is Cc1ccccc1[C@@H]1OC(C)(C)O[C@H]1COS(N)=O. The summed E-state index contributed by atoms with van der Waals surface area (Å²) in [6.45, 7) is 5.84. The van der Waals surface area contributed by atoms with Gasteiger partial charge in [0.1, 0.15) is 12.2 Å². The standard InChI is InChI=1S/C13H19NO4S/c1-9-6-4-5-7-10(9)12-11(8-16-19(14)15)17-13(2,3)18-12/h4-7,11-12H,8,14H2,1-3H3/t11-,12-,19?/m0/s1. The minimum absolute atomic E-state index is 0.130. The first-order chi connectivity index (χ1) is 8.89. The van der Waals surface area contributed by atoms with Gasteiger partial charge in [0.25, 0.3) is 0 Å². The van der Waals surface area contributed by atoms with Crippen molar-refractivity contribution in [2.45, 2.75) is 38.8 Å². The topological polar surface area (TPSA) is 70.8 Å². The van der Waals surface area contributed by atoms with E-state index in [0.29, 0.717) is 0 Å². The Morgan fingerprint density at radius 3 is 2.68 bits per heavy atom. The molecule has 1 unspecified atom stereocenters. The molecule has 0 spiro atoms. The molecule has 0 bridgehead atoms. The summed E-state index contributed by atoms with van der Waals surface area (Å²) >= 11 is -1.80. The van der Waals surface area contributed by atoms with Gasteiger partial charge in [-0.1, -0.05) is 24.3 Å². The van der Waals surface area contributed by atoms with E-state index in [0.717, 1.165) is 11.1 Å². The Kier molecular flexibility index (Phi) is 4.37. The molecule has 1 fully saturated rings. The number of rotatable bonds is 4. The maximum absolute atomic E-state index is 10.8. The highest BCUT2D eigenvalue weighted by atomic mass is 32.2. The molecule has 2 N–H and O–H groups in total. The van der Waals surface area contributed by atoms with Gasteiger partial charge in [-0.15, -0.1) is 0 Å². The second kappa shape index (κ2) is 5.68. The van der Waals surface area contributed by atoms with Crippen molar-refractivity contribution in [3.63, 3.8) is 0 Å². The van der Waals surface area contributed by atoms with Gasteiger partial charge < -0.3 is 9.47 Å². The van der Waals surface area contributed by atoms with Crippen LogP contribution in [0.5, 0.6) is 0 Å². The molecular weight excluding hydrogens is 266 g/mol. The molecular formula is C13H19NO4S. The predicted octanol–water partition coefficient (Wildman–Crippen LogP) is 1.74. The second-order valence-electron chi connectivity index (χ2n) is 5.00. The lowest BCUT2D eigenvalue weighted by atomic mass is 10.00. The Hall–Kier alpha value is -0.790. The molecule has 0 amide bonds. The summed E-state index contributed by atoms with van der Waals surface area (Å²) in [7, 11) is 0. The molecule has 1 aliphatic heterocycles. The highest BCUT2D eigenvalue weighted by Gasteiger charge is 2.42. The van der Waals surface area contributed by atoms with Crippen molar-refractivity contribution in [3.05, 3.63) is 35.4 Å². The van der Waals surface area contributed by atoms with E-state index >= 15 is 0 Å². The molecule has 6 heteroatoms. The van der Waals surface area contributed by atoms with Crippen LogP contribution in [0.3, 0.4) is 0 Å². The highest BCUT2D eigenvalue weighted by molar-refractivity contribution is 7.77. The van der Waals surface area contributed by atoms with E-state index in [2.05, 4.69) is 0 Å². The van der Waals surface area contributed by atoms with Crippen LogP contribution in [-0.4, -0.2) is 22.7 Å². The van der Waals surface area contributed by atoms with Gasteiger partial charge in [-0.25, -0.2) is 9.35 Å². The minimum Gasteiger partial charge on any atom is -0.342 e. The zero-order chi connectivity index (χ0) is 14.0. The van der Waals surface area contributed by atoms with Gasteiger partial charge in [0.05, 0.1) is 6.61 Å². The van der Waals surface area contributed by atoms with Gasteiger partial charge in [0, 0.05) is 0 Å². The Bertz CT molecular complexity index is 477. The summed E-state index contributed by atoms with van der Waals surface area (Å²) in [6, 6.07) is 7.94. The van der Waals surface area contributed by atoms with E-state index in [9.17, 15) is 4.21 Å². The fourth-order valence-corrected chi connectivity index (χ4v) is 2.53. The first-order valence-corrected chi connectivity index (χ1v) is 7.23. The van der Waals surface area contributed by atoms with Crippen molar-refractivity contribution < 1.29 is 17.9 Å². The summed E-state index contributed by atoms with van der Waals surface area (Å²) in [5.41, 5.74) is 2.16. The summed E-state index contributed by atoms with van der Waals surface area (Å²) in [5.74, 6) is -0.697. The molecule has 0 saturated carbocycles. The van der Waals surface area contributed by atoms with Crippen LogP contribution in [0.4, 0.5) is 0 Å². The predicted molar refractivity (Wildman–Crippen MR) is 72.2 cm³/mol. The summed E-state index contributed by atoms with van der Waals surface area (Å²) in [4.78, 5) is 0. The molecule has 0 aromatic heterocycles. The number of hydrogen-bond acceptors (Lipinski definition) is 4. The Balaban J connectivity index is 2.21. The number of ether oxygens (including phenoxy) is 2. The third kappa shape index (κ3) is 3.61. The fourth-order valence-electron chi connectivity index (χ4n) is 2.26. The molecule has 2 rings (SSSR count). The van der Waals surface area contributed by atoms with Crippen molar-refractivity contribution >= 4 is 11.3 Å². The quantitative estimate of drug-likeness (QED) is 0.914. The van der Waals surface area contributed by atoms with Crippen LogP contribution in [0.15, 0.2) is 24.3 Å². The van der Waals surface area contributed by atoms with E-state index in [4.69, 9.17) is 18.8 Å². The molecule has 1 aliphatic rings. The van der Waals surface area contributed by atoms with Crippen molar-refractivity contribution in [2.24, 2.45) is 5.14 Å². The van der Waals surface area contributed by atoms with Crippen molar-refractivity contribution in [1.29, 1.82) is 0 Å². The van der Waals surface area contributed by atoms with E-state index in [1.54, 1.807) is 0 Å². The van der Waals surface area contributed by atoms with E-state index in [1.807, 2.05) is 45.0 Å². The Labute approximate surface area is 115 Å². The largest absolute Gasteiger partial charge is 0.342 e. The maximum Gasteiger partial charge on any atom is 0.231 e. The van der Waals surface area contributed by atoms with Crippen LogP contribution >= 0.6 is 0 Å². The number of nitrogens with two attached hydrogens (primary N) is 1. The first-order valence-electron chi connectivity index (χ1n) is 6.09. The van der Waals surface area contributed by atoms with Crippen LogP contribution < -0.4 is 5.14 Å². The van der Waals surface area contributed by atoms with Gasteiger partial charge in [0.2, 0.25) is 11.3 Å². The summed E-state index contributed by atoms with van der Waals surface area (Å²) in [5, 5.41) is 5.11. The van der Waals surface area contributed by atoms with Crippen molar-refractivity contribution in [1.82, 2.24) is 0 Å². The molecule has 19 heavy (non-hydrogen) atoms. The summed E-state index contributed by atoms with van der Waals surface area (Å²) < 4.78 is 27.5. The zero-order valence-electron chi connectivity index (χ0n) is 11.3. The van der Waals surface area contributed by atoms with Crippen LogP contribution in [0, 0.1) is 6.92 Å². The molecule has 1 aromatic carbocycles. The Morgan fingerprint density at radius 1 is 1.37 bits per heavy atom. The van der Waals surface area contributed by atoms with Crippen molar-refractivity contribution in [3.8, 4) is 0 Å². The summed E-state index contributed by atoms with van der Waals surface area (Å²) in [6.07, 6.45) is -0.580. The molecule has 0 aliphatic carbocycles. The van der Waals surface area contributed by atoms with Crippen LogP contribution in [0.1, 0.15) is 31.1 Å². The average molecular weight is 285 g/mol. The lowest BCUT2D eigenvalue weighted by Gasteiger charge is -2.18. The van der Waals surface area contributed by atoms with Gasteiger partial charge in [-0.05, 0) is 31.9 Å². The van der Waals surface area contributed by atoms with Crippen molar-refractivity contribution in [2.75, 3.05) is 6.61 Å².